The van der Waals surface area contributed by atoms with E-state index in [1.54, 1.807) is 49.9 Å². The van der Waals surface area contributed by atoms with Gasteiger partial charge < -0.3 is 25.4 Å². The molecule has 3 N–H and O–H groups in total. The summed E-state index contributed by atoms with van der Waals surface area (Å²) in [5.41, 5.74) is 2.77. The van der Waals surface area contributed by atoms with Crippen LogP contribution in [0, 0.1) is 13.8 Å². The van der Waals surface area contributed by atoms with Crippen LogP contribution in [0.15, 0.2) is 42.5 Å². The van der Waals surface area contributed by atoms with E-state index in [0.717, 1.165) is 67.2 Å². The molecule has 8 heteroatoms. The number of benzene rings is 2. The number of nitrogens with zero attached hydrogens (tertiary/aromatic N) is 1. The lowest BCUT2D eigenvalue weighted by Crippen LogP contribution is -2.54. The Kier molecular flexibility index (Phi) is 15.2. The molecular formula is C36H55N3O5. The molecule has 244 valence electrons. The molecule has 2 rings (SSSR count). The monoisotopic (exact) mass is 609 g/mol. The molecule has 2 atom stereocenters. The first kappa shape index (κ1) is 36.6. The van der Waals surface area contributed by atoms with Gasteiger partial charge in [0.1, 0.15) is 23.4 Å². The van der Waals surface area contributed by atoms with Gasteiger partial charge in [-0.25, -0.2) is 4.79 Å². The Morgan fingerprint density at radius 1 is 0.886 bits per heavy atom. The number of aromatic hydroxyl groups is 1. The molecule has 0 fully saturated rings. The van der Waals surface area contributed by atoms with Gasteiger partial charge in [0.2, 0.25) is 11.8 Å². The number of phenolic OH excluding ortho intramolecular Hbond substituents is 1. The molecule has 0 bridgehead atoms. The third-order valence-electron chi connectivity index (χ3n) is 7.51. The molecule has 44 heavy (non-hydrogen) atoms. The fourth-order valence-electron chi connectivity index (χ4n) is 5.21. The van der Waals surface area contributed by atoms with E-state index < -0.39 is 23.8 Å². The highest BCUT2D eigenvalue weighted by Crippen LogP contribution is 2.28. The van der Waals surface area contributed by atoms with Gasteiger partial charge in [-0.15, -0.1) is 0 Å². The number of phenols is 1. The molecule has 0 saturated carbocycles. The molecule has 0 aliphatic carbocycles. The van der Waals surface area contributed by atoms with Gasteiger partial charge in [0.25, 0.3) is 0 Å². The summed E-state index contributed by atoms with van der Waals surface area (Å²) in [6.45, 7) is 14.4. The number of amides is 3. The van der Waals surface area contributed by atoms with Crippen molar-refractivity contribution in [3.63, 3.8) is 0 Å². The van der Waals surface area contributed by atoms with E-state index in [4.69, 9.17) is 4.74 Å². The van der Waals surface area contributed by atoms with Gasteiger partial charge in [-0.1, -0.05) is 88.3 Å². The van der Waals surface area contributed by atoms with Crippen LogP contribution in [-0.4, -0.2) is 52.6 Å². The zero-order valence-corrected chi connectivity index (χ0v) is 28.0. The van der Waals surface area contributed by atoms with Crippen molar-refractivity contribution in [3.05, 3.63) is 64.7 Å². The molecule has 8 nitrogen and oxygen atoms in total. The van der Waals surface area contributed by atoms with Gasteiger partial charge in [0, 0.05) is 19.5 Å². The summed E-state index contributed by atoms with van der Waals surface area (Å²) >= 11 is 0. The second kappa shape index (κ2) is 18.3. The van der Waals surface area contributed by atoms with Crippen molar-refractivity contribution in [1.82, 2.24) is 15.5 Å². The van der Waals surface area contributed by atoms with Gasteiger partial charge in [-0.05, 0) is 76.3 Å². The minimum atomic E-state index is -0.994. The maximum absolute atomic E-state index is 14.6. The number of hydrogen-bond acceptors (Lipinski definition) is 5. The van der Waals surface area contributed by atoms with Crippen LogP contribution in [0.4, 0.5) is 4.79 Å². The van der Waals surface area contributed by atoms with Crippen LogP contribution in [0.25, 0.3) is 0 Å². The molecule has 0 radical (unpaired) electrons. The molecule has 0 saturated heterocycles. The summed E-state index contributed by atoms with van der Waals surface area (Å²) in [5, 5.41) is 15.7. The lowest BCUT2D eigenvalue weighted by molar-refractivity contribution is -0.142. The van der Waals surface area contributed by atoms with E-state index in [-0.39, 0.29) is 24.0 Å². The molecule has 0 heterocycles. The Balaban J connectivity index is 2.56. The van der Waals surface area contributed by atoms with Crippen LogP contribution >= 0.6 is 0 Å². The number of carbonyl (C=O) groups is 3. The Bertz CT molecular complexity index is 1190. The van der Waals surface area contributed by atoms with Gasteiger partial charge in [0.15, 0.2) is 0 Å². The summed E-state index contributed by atoms with van der Waals surface area (Å²) in [4.78, 5) is 43.3. The quantitative estimate of drug-likeness (QED) is 0.163. The minimum Gasteiger partial charge on any atom is -0.508 e. The fraction of sp³-hybridized carbons (Fsp3) is 0.583. The van der Waals surface area contributed by atoms with E-state index in [1.165, 1.54) is 6.42 Å². The number of aryl methyl sites for hydroxylation is 2. The highest BCUT2D eigenvalue weighted by molar-refractivity contribution is 5.92. The standard InChI is InChI=1S/C36H55N3O5/c1-8-10-12-13-14-15-23-39(32(33(41)37-22-11-9-2)30-21-16-26(3)24-27(30)4)34(42)31(38-35(43)44-36(5,6)7)25-28-17-19-29(40)20-18-28/h16-21,24,31-32,40H,8-15,22-23,25H2,1-7H3,(H,37,41)(H,38,43). The zero-order valence-electron chi connectivity index (χ0n) is 28.0. The van der Waals surface area contributed by atoms with Crippen LogP contribution < -0.4 is 10.6 Å². The second-order valence-electron chi connectivity index (χ2n) is 12.8. The van der Waals surface area contributed by atoms with Crippen molar-refractivity contribution >= 4 is 17.9 Å². The Morgan fingerprint density at radius 3 is 2.14 bits per heavy atom. The summed E-state index contributed by atoms with van der Waals surface area (Å²) in [5.74, 6) is -0.474. The smallest absolute Gasteiger partial charge is 0.408 e. The van der Waals surface area contributed by atoms with Gasteiger partial charge >= 0.3 is 6.09 Å². The molecule has 0 aliphatic heterocycles. The molecular weight excluding hydrogens is 554 g/mol. The Hall–Kier alpha value is -3.55. The van der Waals surface area contributed by atoms with Crippen molar-refractivity contribution in [3.8, 4) is 5.75 Å². The minimum absolute atomic E-state index is 0.111. The van der Waals surface area contributed by atoms with E-state index in [1.807, 2.05) is 32.0 Å². The highest BCUT2D eigenvalue weighted by Gasteiger charge is 2.36. The number of nitrogens with one attached hydrogen (secondary N) is 2. The molecule has 2 unspecified atom stereocenters. The normalized spacial score (nSPS) is 12.7. The van der Waals surface area contributed by atoms with Crippen molar-refractivity contribution in [2.45, 2.75) is 124 Å². The van der Waals surface area contributed by atoms with Crippen LogP contribution in [-0.2, 0) is 20.7 Å². The summed E-state index contributed by atoms with van der Waals surface area (Å²) in [7, 11) is 0. The van der Waals surface area contributed by atoms with Crippen molar-refractivity contribution < 1.29 is 24.2 Å². The SMILES string of the molecule is CCCCCCCCN(C(=O)C(Cc1ccc(O)cc1)NC(=O)OC(C)(C)C)C(C(=O)NCCCC)c1ccc(C)cc1C. The molecule has 2 aromatic carbocycles. The van der Waals surface area contributed by atoms with Crippen LogP contribution in [0.2, 0.25) is 0 Å². The third kappa shape index (κ3) is 12.6. The molecule has 0 spiro atoms. The predicted molar refractivity (Wildman–Crippen MR) is 177 cm³/mol. The average molecular weight is 610 g/mol. The third-order valence-corrected chi connectivity index (χ3v) is 7.51. The number of hydrogen-bond donors (Lipinski definition) is 3. The van der Waals surface area contributed by atoms with E-state index in [9.17, 15) is 19.5 Å². The number of rotatable bonds is 17. The van der Waals surface area contributed by atoms with Crippen LogP contribution in [0.1, 0.15) is 114 Å². The summed E-state index contributed by atoms with van der Waals surface area (Å²) in [6, 6.07) is 10.6. The topological polar surface area (TPSA) is 108 Å². The van der Waals surface area contributed by atoms with Crippen LogP contribution in [0.3, 0.4) is 0 Å². The summed E-state index contributed by atoms with van der Waals surface area (Å²) in [6.07, 6.45) is 7.40. The molecule has 0 aliphatic rings. The fourth-order valence-corrected chi connectivity index (χ4v) is 5.21. The maximum Gasteiger partial charge on any atom is 0.408 e. The number of unbranched alkanes of at least 4 members (excludes halogenated alkanes) is 6. The first-order valence-electron chi connectivity index (χ1n) is 16.3. The van der Waals surface area contributed by atoms with E-state index >= 15 is 0 Å². The Labute approximate surface area is 264 Å². The Morgan fingerprint density at radius 2 is 1.52 bits per heavy atom. The van der Waals surface area contributed by atoms with Crippen molar-refractivity contribution in [1.29, 1.82) is 0 Å². The second-order valence-corrected chi connectivity index (χ2v) is 12.8. The number of carbonyl (C=O) groups excluding carboxylic acids is 3. The maximum atomic E-state index is 14.6. The van der Waals surface area contributed by atoms with Crippen LogP contribution in [0.5, 0.6) is 5.75 Å². The molecule has 3 amide bonds. The lowest BCUT2D eigenvalue weighted by atomic mass is 9.95. The van der Waals surface area contributed by atoms with E-state index in [0.29, 0.717) is 13.1 Å². The highest BCUT2D eigenvalue weighted by atomic mass is 16.6. The zero-order chi connectivity index (χ0) is 32.7. The van der Waals surface area contributed by atoms with Crippen molar-refractivity contribution in [2.75, 3.05) is 13.1 Å². The first-order chi connectivity index (χ1) is 20.9. The van der Waals surface area contributed by atoms with E-state index in [2.05, 4.69) is 24.5 Å². The van der Waals surface area contributed by atoms with Gasteiger partial charge in [-0.3, -0.25) is 9.59 Å². The predicted octanol–water partition coefficient (Wildman–Crippen LogP) is 7.29. The lowest BCUT2D eigenvalue weighted by Gasteiger charge is -2.35. The van der Waals surface area contributed by atoms with Crippen molar-refractivity contribution in [2.24, 2.45) is 0 Å². The molecule has 2 aromatic rings. The summed E-state index contributed by atoms with van der Waals surface area (Å²) < 4.78 is 5.54. The van der Waals surface area contributed by atoms with Gasteiger partial charge in [-0.2, -0.15) is 0 Å². The number of alkyl carbamates (subject to hydrolysis) is 1. The number of ether oxygens (including phenoxy) is 1. The average Bonchev–Trinajstić information content (AvgIpc) is 2.94. The largest absolute Gasteiger partial charge is 0.508 e. The molecule has 0 aromatic heterocycles. The first-order valence-corrected chi connectivity index (χ1v) is 16.3. The van der Waals surface area contributed by atoms with Gasteiger partial charge in [0.05, 0.1) is 0 Å².